The highest BCUT2D eigenvalue weighted by Gasteiger charge is 2.30. The number of aliphatic hydroxyl groups is 1. The van der Waals surface area contributed by atoms with E-state index < -0.39 is 5.60 Å². The normalized spacial score (nSPS) is 19.0. The number of hydrogen-bond acceptors (Lipinski definition) is 2. The number of hydrogen-bond donors (Lipinski definition) is 3. The van der Waals surface area contributed by atoms with Crippen LogP contribution >= 0.6 is 24.0 Å². The van der Waals surface area contributed by atoms with E-state index >= 15 is 0 Å². The van der Waals surface area contributed by atoms with Crippen molar-refractivity contribution in [2.75, 3.05) is 13.1 Å². The molecular weight excluding hydrogens is 329 g/mol. The van der Waals surface area contributed by atoms with Gasteiger partial charge in [0.15, 0.2) is 5.96 Å². The summed E-state index contributed by atoms with van der Waals surface area (Å²) in [6.45, 7) is 7.56. The highest BCUT2D eigenvalue weighted by Crippen LogP contribution is 2.29. The van der Waals surface area contributed by atoms with Crippen LogP contribution < -0.4 is 10.6 Å². The molecule has 0 radical (unpaired) electrons. The fourth-order valence-corrected chi connectivity index (χ4v) is 2.01. The summed E-state index contributed by atoms with van der Waals surface area (Å²) in [4.78, 5) is 4.45. The molecule has 0 heterocycles. The van der Waals surface area contributed by atoms with Crippen molar-refractivity contribution >= 4 is 29.9 Å². The second-order valence-electron chi connectivity index (χ2n) is 4.93. The Labute approximate surface area is 122 Å². The molecule has 0 aliphatic heterocycles. The summed E-state index contributed by atoms with van der Waals surface area (Å²) in [6, 6.07) is 0.357. The second kappa shape index (κ2) is 8.13. The van der Waals surface area contributed by atoms with E-state index in [1.54, 1.807) is 0 Å². The number of rotatable bonds is 4. The summed E-state index contributed by atoms with van der Waals surface area (Å²) >= 11 is 0. The van der Waals surface area contributed by atoms with Gasteiger partial charge in [-0.05, 0) is 33.6 Å². The van der Waals surface area contributed by atoms with Crippen LogP contribution in [-0.4, -0.2) is 35.8 Å². The van der Waals surface area contributed by atoms with Gasteiger partial charge in [0.05, 0.1) is 12.1 Å². The Morgan fingerprint density at radius 3 is 2.41 bits per heavy atom. The number of halogens is 1. The molecular formula is C12H26IN3O. The maximum atomic E-state index is 10.2. The SMILES string of the molecule is CCNC(=NCC1(O)CCCC1)NC(C)C.I. The largest absolute Gasteiger partial charge is 0.388 e. The van der Waals surface area contributed by atoms with Crippen molar-refractivity contribution in [3.8, 4) is 0 Å². The van der Waals surface area contributed by atoms with Gasteiger partial charge in [-0.3, -0.25) is 4.99 Å². The van der Waals surface area contributed by atoms with Gasteiger partial charge in [0.2, 0.25) is 0 Å². The lowest BCUT2D eigenvalue weighted by Crippen LogP contribution is -2.42. The molecule has 17 heavy (non-hydrogen) atoms. The zero-order valence-electron chi connectivity index (χ0n) is 11.1. The first-order valence-electron chi connectivity index (χ1n) is 6.33. The number of guanidine groups is 1. The van der Waals surface area contributed by atoms with Crippen LogP contribution in [0.5, 0.6) is 0 Å². The Balaban J connectivity index is 0.00000256. The molecule has 4 nitrogen and oxygen atoms in total. The van der Waals surface area contributed by atoms with E-state index in [4.69, 9.17) is 0 Å². The van der Waals surface area contributed by atoms with Crippen molar-refractivity contribution in [3.05, 3.63) is 0 Å². The molecule has 0 unspecified atom stereocenters. The van der Waals surface area contributed by atoms with E-state index in [0.29, 0.717) is 12.6 Å². The fraction of sp³-hybridized carbons (Fsp3) is 0.917. The summed E-state index contributed by atoms with van der Waals surface area (Å²) in [5.41, 5.74) is -0.556. The van der Waals surface area contributed by atoms with Crippen molar-refractivity contribution in [2.45, 2.75) is 58.1 Å². The molecule has 0 aromatic heterocycles. The van der Waals surface area contributed by atoms with Gasteiger partial charge in [-0.2, -0.15) is 0 Å². The fourth-order valence-electron chi connectivity index (χ4n) is 2.01. The zero-order chi connectivity index (χ0) is 12.0. The van der Waals surface area contributed by atoms with Gasteiger partial charge in [0.1, 0.15) is 0 Å². The lowest BCUT2D eigenvalue weighted by molar-refractivity contribution is 0.0574. The van der Waals surface area contributed by atoms with E-state index in [2.05, 4.69) is 29.5 Å². The first-order chi connectivity index (χ1) is 7.56. The Morgan fingerprint density at radius 1 is 1.35 bits per heavy atom. The standard InChI is InChI=1S/C12H25N3O.HI/c1-4-13-11(15-10(2)3)14-9-12(16)7-5-6-8-12;/h10,16H,4-9H2,1-3H3,(H2,13,14,15);1H. The van der Waals surface area contributed by atoms with Crippen LogP contribution in [0.15, 0.2) is 4.99 Å². The third-order valence-corrected chi connectivity index (χ3v) is 2.84. The average Bonchev–Trinajstić information content (AvgIpc) is 2.62. The van der Waals surface area contributed by atoms with E-state index in [1.165, 1.54) is 0 Å². The minimum Gasteiger partial charge on any atom is -0.388 e. The van der Waals surface area contributed by atoms with Gasteiger partial charge >= 0.3 is 0 Å². The van der Waals surface area contributed by atoms with Crippen LogP contribution in [0.1, 0.15) is 46.5 Å². The molecule has 1 saturated carbocycles. The molecule has 1 fully saturated rings. The first-order valence-corrected chi connectivity index (χ1v) is 6.33. The Bertz CT molecular complexity index is 238. The maximum Gasteiger partial charge on any atom is 0.191 e. The molecule has 5 heteroatoms. The van der Waals surface area contributed by atoms with Gasteiger partial charge in [0.25, 0.3) is 0 Å². The monoisotopic (exact) mass is 355 g/mol. The second-order valence-corrected chi connectivity index (χ2v) is 4.93. The van der Waals surface area contributed by atoms with Gasteiger partial charge < -0.3 is 15.7 Å². The van der Waals surface area contributed by atoms with Crippen LogP contribution in [-0.2, 0) is 0 Å². The molecule has 1 rings (SSSR count). The van der Waals surface area contributed by atoms with Crippen LogP contribution in [0.25, 0.3) is 0 Å². The van der Waals surface area contributed by atoms with Crippen LogP contribution in [0, 0.1) is 0 Å². The summed E-state index contributed by atoms with van der Waals surface area (Å²) in [5, 5.41) is 16.6. The lowest BCUT2D eigenvalue weighted by Gasteiger charge is -2.21. The minimum absolute atomic E-state index is 0. The maximum absolute atomic E-state index is 10.2. The summed E-state index contributed by atoms with van der Waals surface area (Å²) < 4.78 is 0. The van der Waals surface area contributed by atoms with Crippen molar-refractivity contribution in [3.63, 3.8) is 0 Å². The summed E-state index contributed by atoms with van der Waals surface area (Å²) in [6.07, 6.45) is 4.02. The Kier molecular flexibility index (Phi) is 8.11. The first kappa shape index (κ1) is 17.0. The molecule has 0 spiro atoms. The molecule has 1 aliphatic rings. The van der Waals surface area contributed by atoms with Crippen LogP contribution in [0.2, 0.25) is 0 Å². The van der Waals surface area contributed by atoms with E-state index in [9.17, 15) is 5.11 Å². The van der Waals surface area contributed by atoms with Gasteiger partial charge in [-0.1, -0.05) is 12.8 Å². The third kappa shape index (κ3) is 6.45. The predicted octanol–water partition coefficient (Wildman–Crippen LogP) is 1.87. The molecule has 1 aliphatic carbocycles. The van der Waals surface area contributed by atoms with Crippen molar-refractivity contribution in [1.82, 2.24) is 10.6 Å². The molecule has 0 amide bonds. The molecule has 0 bridgehead atoms. The molecule has 3 N–H and O–H groups in total. The van der Waals surface area contributed by atoms with Gasteiger partial charge in [-0.15, -0.1) is 24.0 Å². The smallest absolute Gasteiger partial charge is 0.191 e. The quantitative estimate of drug-likeness (QED) is 0.410. The number of nitrogens with one attached hydrogen (secondary N) is 2. The number of nitrogens with zero attached hydrogens (tertiary/aromatic N) is 1. The highest BCUT2D eigenvalue weighted by atomic mass is 127. The third-order valence-electron chi connectivity index (χ3n) is 2.84. The van der Waals surface area contributed by atoms with E-state index in [-0.39, 0.29) is 24.0 Å². The van der Waals surface area contributed by atoms with Crippen LogP contribution in [0.4, 0.5) is 0 Å². The number of aliphatic imine (C=N–C) groups is 1. The summed E-state index contributed by atoms with van der Waals surface area (Å²) in [5.74, 6) is 0.804. The van der Waals surface area contributed by atoms with Crippen molar-refractivity contribution < 1.29 is 5.11 Å². The lowest BCUT2D eigenvalue weighted by atomic mass is 10.0. The minimum atomic E-state index is -0.556. The Hall–Kier alpha value is -0.0400. The van der Waals surface area contributed by atoms with Crippen molar-refractivity contribution in [1.29, 1.82) is 0 Å². The molecule has 0 atom stereocenters. The predicted molar refractivity (Wildman–Crippen MR) is 83.1 cm³/mol. The van der Waals surface area contributed by atoms with Gasteiger partial charge in [-0.25, -0.2) is 0 Å². The van der Waals surface area contributed by atoms with E-state index in [0.717, 1.165) is 38.2 Å². The molecule has 0 aromatic rings. The average molecular weight is 355 g/mol. The van der Waals surface area contributed by atoms with E-state index in [1.807, 2.05) is 6.92 Å². The summed E-state index contributed by atoms with van der Waals surface area (Å²) in [7, 11) is 0. The molecule has 102 valence electrons. The van der Waals surface area contributed by atoms with Crippen LogP contribution in [0.3, 0.4) is 0 Å². The topological polar surface area (TPSA) is 56.7 Å². The Morgan fingerprint density at radius 2 is 1.94 bits per heavy atom. The molecule has 0 saturated heterocycles. The molecule has 0 aromatic carbocycles. The van der Waals surface area contributed by atoms with Crippen molar-refractivity contribution in [2.24, 2.45) is 4.99 Å². The van der Waals surface area contributed by atoms with Gasteiger partial charge in [0, 0.05) is 12.6 Å². The zero-order valence-corrected chi connectivity index (χ0v) is 13.5. The highest BCUT2D eigenvalue weighted by molar-refractivity contribution is 14.0.